The van der Waals surface area contributed by atoms with Gasteiger partial charge in [0.1, 0.15) is 0 Å². The van der Waals surface area contributed by atoms with Crippen LogP contribution in [0.4, 0.5) is 0 Å². The summed E-state index contributed by atoms with van der Waals surface area (Å²) in [5, 5.41) is 16.3. The number of aliphatic carboxylic acids is 1. The largest absolute Gasteiger partial charge is 0.481 e. The normalized spacial score (nSPS) is 23.5. The second-order valence-corrected chi connectivity index (χ2v) is 7.32. The van der Waals surface area contributed by atoms with Gasteiger partial charge in [-0.3, -0.25) is 9.59 Å². The molecule has 3 rings (SSSR count). The zero-order chi connectivity index (χ0) is 19.1. The van der Waals surface area contributed by atoms with Gasteiger partial charge in [-0.15, -0.1) is 0 Å². The molecule has 1 fully saturated rings. The first-order valence-electron chi connectivity index (χ1n) is 9.58. The van der Waals surface area contributed by atoms with E-state index in [0.29, 0.717) is 5.71 Å². The molecule has 1 aliphatic carbocycles. The summed E-state index contributed by atoms with van der Waals surface area (Å²) in [6, 6.07) is 9.79. The van der Waals surface area contributed by atoms with Gasteiger partial charge in [0.2, 0.25) is 5.60 Å². The van der Waals surface area contributed by atoms with Crippen LogP contribution < -0.4 is 5.32 Å². The van der Waals surface area contributed by atoms with Gasteiger partial charge in [0.25, 0.3) is 5.91 Å². The van der Waals surface area contributed by atoms with Crippen LogP contribution in [0.1, 0.15) is 56.9 Å². The molecule has 0 radical (unpaired) electrons. The minimum Gasteiger partial charge on any atom is -0.481 e. The zero-order valence-electron chi connectivity index (χ0n) is 15.4. The van der Waals surface area contributed by atoms with Crippen molar-refractivity contribution in [2.75, 3.05) is 0 Å². The second-order valence-electron chi connectivity index (χ2n) is 7.32. The maximum absolute atomic E-state index is 12.9. The lowest BCUT2D eigenvalue weighted by Crippen LogP contribution is -2.51. The molecule has 0 saturated heterocycles. The van der Waals surface area contributed by atoms with Crippen LogP contribution in [0, 0.1) is 0 Å². The van der Waals surface area contributed by atoms with Crippen LogP contribution in [-0.2, 0) is 14.4 Å². The molecule has 1 atom stereocenters. The molecule has 0 unspecified atom stereocenters. The second kappa shape index (κ2) is 8.84. The van der Waals surface area contributed by atoms with E-state index in [2.05, 4.69) is 10.5 Å². The number of nitrogens with one attached hydrogen (secondary N) is 1. The number of allylic oxidation sites excluding steroid dienone is 1. The Kier molecular flexibility index (Phi) is 6.27. The van der Waals surface area contributed by atoms with Crippen molar-refractivity contribution in [3.05, 3.63) is 42.0 Å². The van der Waals surface area contributed by atoms with Crippen molar-refractivity contribution in [2.45, 2.75) is 63.0 Å². The van der Waals surface area contributed by atoms with E-state index in [1.807, 2.05) is 36.4 Å². The number of hydrogen-bond acceptors (Lipinski definition) is 4. The third-order valence-electron chi connectivity index (χ3n) is 5.11. The van der Waals surface area contributed by atoms with Gasteiger partial charge in [0.05, 0.1) is 12.1 Å². The molecule has 0 bridgehead atoms. The molecule has 1 aromatic rings. The molecule has 6 nitrogen and oxygen atoms in total. The Morgan fingerprint density at radius 2 is 1.85 bits per heavy atom. The maximum atomic E-state index is 12.9. The molecule has 6 heteroatoms. The average molecular weight is 370 g/mol. The Bertz CT molecular complexity index is 721. The van der Waals surface area contributed by atoms with Crippen LogP contribution >= 0.6 is 0 Å². The fourth-order valence-electron chi connectivity index (χ4n) is 3.63. The fraction of sp³-hybridized carbons (Fsp3) is 0.476. The highest BCUT2D eigenvalue weighted by Crippen LogP contribution is 2.30. The van der Waals surface area contributed by atoms with Crippen LogP contribution in [0.5, 0.6) is 0 Å². The van der Waals surface area contributed by atoms with Crippen molar-refractivity contribution in [3.8, 4) is 0 Å². The first-order chi connectivity index (χ1) is 13.1. The maximum Gasteiger partial charge on any atom is 0.308 e. The number of rotatable bonds is 6. The summed E-state index contributed by atoms with van der Waals surface area (Å²) in [6.07, 6.45) is 9.78. The van der Waals surface area contributed by atoms with E-state index in [4.69, 9.17) is 4.84 Å². The Hall–Kier alpha value is -2.63. The predicted molar refractivity (Wildman–Crippen MR) is 103 cm³/mol. The van der Waals surface area contributed by atoms with Gasteiger partial charge in [-0.1, -0.05) is 67.2 Å². The summed E-state index contributed by atoms with van der Waals surface area (Å²) in [7, 11) is 0. The van der Waals surface area contributed by atoms with E-state index in [1.165, 1.54) is 12.8 Å². The standard InChI is InChI=1S/C21H26N2O4/c24-19(25)15-21(20(26)22-17-10-6-1-2-7-11-17)14-18(23-27-21)13-12-16-8-4-3-5-9-16/h3-5,8-9,12-13,17H,1-2,6-7,10-11,14-15H2,(H,22,26)(H,24,25)/b13-12+/t21-/m0/s1. The molecule has 27 heavy (non-hydrogen) atoms. The number of carbonyl (C=O) groups is 2. The number of amides is 1. The molecule has 0 aromatic heterocycles. The minimum atomic E-state index is -1.46. The van der Waals surface area contributed by atoms with Crippen LogP contribution in [-0.4, -0.2) is 34.3 Å². The summed E-state index contributed by atoms with van der Waals surface area (Å²) < 4.78 is 0. The Labute approximate surface area is 159 Å². The lowest BCUT2D eigenvalue weighted by Gasteiger charge is -2.26. The van der Waals surface area contributed by atoms with Gasteiger partial charge in [0, 0.05) is 12.5 Å². The first kappa shape index (κ1) is 19.1. The molecule has 144 valence electrons. The van der Waals surface area contributed by atoms with Crippen molar-refractivity contribution < 1.29 is 19.5 Å². The van der Waals surface area contributed by atoms with E-state index in [9.17, 15) is 14.7 Å². The number of benzene rings is 1. The molecule has 1 saturated carbocycles. The molecule has 1 amide bonds. The molecular weight excluding hydrogens is 344 g/mol. The highest BCUT2D eigenvalue weighted by molar-refractivity contribution is 6.04. The van der Waals surface area contributed by atoms with Crippen molar-refractivity contribution >= 4 is 23.7 Å². The van der Waals surface area contributed by atoms with Gasteiger partial charge < -0.3 is 15.3 Å². The Morgan fingerprint density at radius 3 is 2.52 bits per heavy atom. The number of hydrogen-bond donors (Lipinski definition) is 2. The van der Waals surface area contributed by atoms with Crippen molar-refractivity contribution in [2.24, 2.45) is 5.16 Å². The molecule has 1 aromatic carbocycles. The summed E-state index contributed by atoms with van der Waals surface area (Å²) in [5.74, 6) is -1.45. The fourth-order valence-corrected chi connectivity index (χ4v) is 3.63. The topological polar surface area (TPSA) is 88.0 Å². The molecular formula is C21H26N2O4. The smallest absolute Gasteiger partial charge is 0.308 e. The number of carboxylic acid groups (broad SMARTS) is 1. The third kappa shape index (κ3) is 5.18. The van der Waals surface area contributed by atoms with Gasteiger partial charge in [-0.25, -0.2) is 0 Å². The van der Waals surface area contributed by atoms with Crippen molar-refractivity contribution in [3.63, 3.8) is 0 Å². The highest BCUT2D eigenvalue weighted by Gasteiger charge is 2.48. The molecule has 2 N–H and O–H groups in total. The summed E-state index contributed by atoms with van der Waals surface area (Å²) in [5.41, 5.74) is 0.101. The SMILES string of the molecule is O=C(O)C[C@]1(C(=O)NC2CCCCCC2)CC(/C=C/c2ccccc2)=NO1. The van der Waals surface area contributed by atoms with Gasteiger partial charge in [-0.05, 0) is 24.5 Å². The predicted octanol–water partition coefficient (Wildman–Crippen LogP) is 3.53. The van der Waals surface area contributed by atoms with Gasteiger partial charge in [0.15, 0.2) is 0 Å². The van der Waals surface area contributed by atoms with Crippen LogP contribution in [0.15, 0.2) is 41.6 Å². The molecule has 0 spiro atoms. The third-order valence-corrected chi connectivity index (χ3v) is 5.11. The van der Waals surface area contributed by atoms with Crippen LogP contribution in [0.3, 0.4) is 0 Å². The average Bonchev–Trinajstić information content (AvgIpc) is 2.89. The van der Waals surface area contributed by atoms with Crippen LogP contribution in [0.2, 0.25) is 0 Å². The van der Waals surface area contributed by atoms with Gasteiger partial charge in [-0.2, -0.15) is 0 Å². The van der Waals surface area contributed by atoms with E-state index in [-0.39, 0.29) is 18.4 Å². The first-order valence-corrected chi connectivity index (χ1v) is 9.58. The lowest BCUT2D eigenvalue weighted by molar-refractivity contribution is -0.156. The summed E-state index contributed by atoms with van der Waals surface area (Å²) >= 11 is 0. The van der Waals surface area contributed by atoms with E-state index < -0.39 is 18.0 Å². The zero-order valence-corrected chi connectivity index (χ0v) is 15.4. The lowest BCUT2D eigenvalue weighted by atomic mass is 9.91. The van der Waals surface area contributed by atoms with Crippen LogP contribution in [0.25, 0.3) is 6.08 Å². The summed E-state index contributed by atoms with van der Waals surface area (Å²) in [6.45, 7) is 0. The van der Waals surface area contributed by atoms with E-state index >= 15 is 0 Å². The Morgan fingerprint density at radius 1 is 1.15 bits per heavy atom. The van der Waals surface area contributed by atoms with E-state index in [1.54, 1.807) is 6.08 Å². The van der Waals surface area contributed by atoms with Crippen molar-refractivity contribution in [1.29, 1.82) is 0 Å². The van der Waals surface area contributed by atoms with Crippen molar-refractivity contribution in [1.82, 2.24) is 5.32 Å². The number of carbonyl (C=O) groups excluding carboxylic acids is 1. The monoisotopic (exact) mass is 370 g/mol. The number of carboxylic acids is 1. The Balaban J connectivity index is 1.67. The molecule has 1 heterocycles. The summed E-state index contributed by atoms with van der Waals surface area (Å²) in [4.78, 5) is 29.7. The highest BCUT2D eigenvalue weighted by atomic mass is 16.7. The minimum absolute atomic E-state index is 0.0816. The number of oxime groups is 1. The number of nitrogens with zero attached hydrogens (tertiary/aromatic N) is 1. The molecule has 1 aliphatic heterocycles. The molecule has 2 aliphatic rings. The quantitative estimate of drug-likeness (QED) is 0.750. The van der Waals surface area contributed by atoms with Gasteiger partial charge >= 0.3 is 5.97 Å². The van der Waals surface area contributed by atoms with E-state index in [0.717, 1.165) is 31.2 Å².